The number of rotatable bonds is 7. The minimum atomic E-state index is 0. The zero-order valence-electron chi connectivity index (χ0n) is 16.3. The minimum Gasteiger partial charge on any atom is -0.357 e. The molecule has 0 spiro atoms. The van der Waals surface area contributed by atoms with Gasteiger partial charge in [0.15, 0.2) is 5.96 Å². The number of halogens is 1. The van der Waals surface area contributed by atoms with Crippen molar-refractivity contribution in [2.24, 2.45) is 4.99 Å². The standard InChI is InChI=1S/C19H27N5OS.HI/c1-5-20-19(21-11-10-17-13-26-14(2)23-17)22-12-15-6-8-16(9-7-15)18(25)24(3)4;/h6-9,13H,5,10-12H2,1-4H3,(H2,20,21,22);1H. The summed E-state index contributed by atoms with van der Waals surface area (Å²) in [6.07, 6.45) is 0.871. The van der Waals surface area contributed by atoms with Gasteiger partial charge in [-0.3, -0.25) is 4.79 Å². The van der Waals surface area contributed by atoms with Crippen LogP contribution in [0.4, 0.5) is 0 Å². The van der Waals surface area contributed by atoms with E-state index in [1.165, 1.54) is 0 Å². The molecule has 0 aliphatic rings. The van der Waals surface area contributed by atoms with E-state index in [2.05, 4.69) is 26.0 Å². The largest absolute Gasteiger partial charge is 0.357 e. The van der Waals surface area contributed by atoms with Crippen LogP contribution in [-0.4, -0.2) is 48.9 Å². The number of hydrogen-bond donors (Lipinski definition) is 2. The van der Waals surface area contributed by atoms with E-state index in [4.69, 9.17) is 0 Å². The summed E-state index contributed by atoms with van der Waals surface area (Å²) in [5.74, 6) is 0.792. The maximum absolute atomic E-state index is 11.9. The van der Waals surface area contributed by atoms with Crippen LogP contribution in [0.1, 0.15) is 33.5 Å². The molecule has 148 valence electrons. The van der Waals surface area contributed by atoms with Crippen LogP contribution in [0.3, 0.4) is 0 Å². The lowest BCUT2D eigenvalue weighted by molar-refractivity contribution is 0.0827. The van der Waals surface area contributed by atoms with Crippen molar-refractivity contribution < 1.29 is 4.79 Å². The molecule has 1 heterocycles. The molecule has 1 aromatic carbocycles. The van der Waals surface area contributed by atoms with Crippen molar-refractivity contribution in [1.29, 1.82) is 0 Å². The molecule has 0 unspecified atom stereocenters. The second kappa shape index (κ2) is 11.9. The molecule has 0 radical (unpaired) electrons. The van der Waals surface area contributed by atoms with Crippen LogP contribution < -0.4 is 10.6 Å². The van der Waals surface area contributed by atoms with Gasteiger partial charge < -0.3 is 15.5 Å². The number of nitrogens with zero attached hydrogens (tertiary/aromatic N) is 3. The van der Waals surface area contributed by atoms with E-state index in [-0.39, 0.29) is 29.9 Å². The number of amides is 1. The van der Waals surface area contributed by atoms with Crippen molar-refractivity contribution in [2.45, 2.75) is 26.8 Å². The van der Waals surface area contributed by atoms with Crippen molar-refractivity contribution in [3.63, 3.8) is 0 Å². The lowest BCUT2D eigenvalue weighted by atomic mass is 10.1. The fraction of sp³-hybridized carbons (Fsp3) is 0.421. The van der Waals surface area contributed by atoms with Crippen LogP contribution in [-0.2, 0) is 13.0 Å². The maximum atomic E-state index is 11.9. The highest BCUT2D eigenvalue weighted by molar-refractivity contribution is 14.0. The van der Waals surface area contributed by atoms with Gasteiger partial charge in [-0.05, 0) is 31.5 Å². The van der Waals surface area contributed by atoms with Crippen LogP contribution >= 0.6 is 35.3 Å². The van der Waals surface area contributed by atoms with Crippen LogP contribution in [0, 0.1) is 6.92 Å². The van der Waals surface area contributed by atoms with Gasteiger partial charge in [0.05, 0.1) is 17.2 Å². The first-order chi connectivity index (χ1) is 12.5. The number of guanidine groups is 1. The summed E-state index contributed by atoms with van der Waals surface area (Å²) in [6.45, 7) is 6.21. The molecule has 2 aromatic rings. The highest BCUT2D eigenvalue weighted by atomic mass is 127. The van der Waals surface area contributed by atoms with Crippen LogP contribution in [0.15, 0.2) is 34.6 Å². The van der Waals surface area contributed by atoms with E-state index in [1.807, 2.05) is 38.1 Å². The van der Waals surface area contributed by atoms with Crippen LogP contribution in [0.25, 0.3) is 0 Å². The van der Waals surface area contributed by atoms with Gasteiger partial charge in [-0.25, -0.2) is 9.98 Å². The average molecular weight is 501 g/mol. The minimum absolute atomic E-state index is 0. The Balaban J connectivity index is 0.00000364. The van der Waals surface area contributed by atoms with E-state index in [9.17, 15) is 4.79 Å². The SMILES string of the molecule is CCNC(=NCc1ccc(C(=O)N(C)C)cc1)NCCc1csc(C)n1.I. The third kappa shape index (κ3) is 7.84. The number of aromatic nitrogens is 1. The molecule has 0 saturated heterocycles. The number of carbonyl (C=O) groups is 1. The molecule has 2 N–H and O–H groups in total. The highest BCUT2D eigenvalue weighted by Crippen LogP contribution is 2.08. The normalized spacial score (nSPS) is 10.9. The number of hydrogen-bond acceptors (Lipinski definition) is 4. The first-order valence-corrected chi connectivity index (χ1v) is 9.61. The average Bonchev–Trinajstić information content (AvgIpc) is 3.04. The monoisotopic (exact) mass is 501 g/mol. The number of carbonyl (C=O) groups excluding carboxylic acids is 1. The number of aliphatic imine (C=N–C) groups is 1. The Hall–Kier alpha value is -1.68. The second-order valence-corrected chi connectivity index (χ2v) is 7.19. The number of aryl methyl sites for hydroxylation is 1. The molecule has 27 heavy (non-hydrogen) atoms. The number of benzene rings is 1. The molecule has 0 aliphatic carbocycles. The fourth-order valence-corrected chi connectivity index (χ4v) is 3.00. The summed E-state index contributed by atoms with van der Waals surface area (Å²) in [4.78, 5) is 22.6. The number of nitrogens with one attached hydrogen (secondary N) is 2. The maximum Gasteiger partial charge on any atom is 0.253 e. The number of thiazole rings is 1. The van der Waals surface area contributed by atoms with Crippen molar-refractivity contribution in [3.05, 3.63) is 51.5 Å². The zero-order chi connectivity index (χ0) is 18.9. The predicted molar refractivity (Wildman–Crippen MR) is 123 cm³/mol. The first-order valence-electron chi connectivity index (χ1n) is 8.73. The van der Waals surface area contributed by atoms with Gasteiger partial charge in [-0.2, -0.15) is 0 Å². The molecule has 0 fully saturated rings. The van der Waals surface area contributed by atoms with Crippen LogP contribution in [0.2, 0.25) is 0 Å². The van der Waals surface area contributed by atoms with E-state index in [0.717, 1.165) is 41.7 Å². The Kier molecular flexibility index (Phi) is 10.3. The van der Waals surface area contributed by atoms with Gasteiger partial charge >= 0.3 is 0 Å². The lowest BCUT2D eigenvalue weighted by Gasteiger charge is -2.11. The molecule has 2 rings (SSSR count). The molecule has 6 nitrogen and oxygen atoms in total. The van der Waals surface area contributed by atoms with Gasteiger partial charge in [0.1, 0.15) is 0 Å². The summed E-state index contributed by atoms with van der Waals surface area (Å²) in [7, 11) is 3.50. The van der Waals surface area contributed by atoms with Crippen molar-refractivity contribution in [1.82, 2.24) is 20.5 Å². The summed E-state index contributed by atoms with van der Waals surface area (Å²) in [5.41, 5.74) is 2.86. The molecule has 0 bridgehead atoms. The molecular formula is C19H28IN5OS. The molecule has 0 atom stereocenters. The predicted octanol–water partition coefficient (Wildman–Crippen LogP) is 3.07. The third-order valence-electron chi connectivity index (χ3n) is 3.71. The summed E-state index contributed by atoms with van der Waals surface area (Å²) in [6, 6.07) is 7.58. The molecule has 1 aromatic heterocycles. The van der Waals surface area contributed by atoms with E-state index >= 15 is 0 Å². The lowest BCUT2D eigenvalue weighted by Crippen LogP contribution is -2.38. The molecular weight excluding hydrogens is 473 g/mol. The van der Waals surface area contributed by atoms with Crippen LogP contribution in [0.5, 0.6) is 0 Å². The Morgan fingerprint density at radius 1 is 1.22 bits per heavy atom. The van der Waals surface area contributed by atoms with E-state index < -0.39 is 0 Å². The molecule has 8 heteroatoms. The van der Waals surface area contributed by atoms with Crippen molar-refractivity contribution >= 4 is 47.2 Å². The first kappa shape index (κ1) is 23.4. The van der Waals surface area contributed by atoms with Crippen molar-refractivity contribution in [2.75, 3.05) is 27.2 Å². The quantitative estimate of drug-likeness (QED) is 0.348. The summed E-state index contributed by atoms with van der Waals surface area (Å²) < 4.78 is 0. The fourth-order valence-electron chi connectivity index (χ4n) is 2.36. The highest BCUT2D eigenvalue weighted by Gasteiger charge is 2.07. The molecule has 1 amide bonds. The van der Waals surface area contributed by atoms with Crippen molar-refractivity contribution in [3.8, 4) is 0 Å². The Labute approximate surface area is 182 Å². The Morgan fingerprint density at radius 3 is 2.48 bits per heavy atom. The Morgan fingerprint density at radius 2 is 1.93 bits per heavy atom. The summed E-state index contributed by atoms with van der Waals surface area (Å²) in [5, 5.41) is 9.77. The third-order valence-corrected chi connectivity index (χ3v) is 4.53. The smallest absolute Gasteiger partial charge is 0.253 e. The van der Waals surface area contributed by atoms with E-state index in [0.29, 0.717) is 12.1 Å². The summed E-state index contributed by atoms with van der Waals surface area (Å²) >= 11 is 1.67. The van der Waals surface area contributed by atoms with E-state index in [1.54, 1.807) is 30.3 Å². The Bertz CT molecular complexity index is 743. The second-order valence-electron chi connectivity index (χ2n) is 6.13. The topological polar surface area (TPSA) is 69.6 Å². The molecule has 0 saturated carbocycles. The van der Waals surface area contributed by atoms with Gasteiger partial charge in [0, 0.05) is 44.5 Å². The van der Waals surface area contributed by atoms with Gasteiger partial charge in [0.25, 0.3) is 5.91 Å². The van der Waals surface area contributed by atoms with Gasteiger partial charge in [0.2, 0.25) is 0 Å². The molecule has 0 aliphatic heterocycles. The van der Waals surface area contributed by atoms with Gasteiger partial charge in [-0.15, -0.1) is 35.3 Å². The van der Waals surface area contributed by atoms with Gasteiger partial charge in [-0.1, -0.05) is 12.1 Å². The zero-order valence-corrected chi connectivity index (χ0v) is 19.4.